The van der Waals surface area contributed by atoms with E-state index in [1.165, 1.54) is 11.3 Å². The van der Waals surface area contributed by atoms with Crippen molar-refractivity contribution in [3.8, 4) is 0 Å². The number of carbonyl (C=O) groups excluding carboxylic acids is 1. The van der Waals surface area contributed by atoms with Crippen molar-refractivity contribution in [1.29, 1.82) is 0 Å². The van der Waals surface area contributed by atoms with Crippen LogP contribution in [0.2, 0.25) is 0 Å². The van der Waals surface area contributed by atoms with E-state index in [2.05, 4.69) is 4.98 Å². The van der Waals surface area contributed by atoms with Crippen molar-refractivity contribution in [1.82, 2.24) is 4.98 Å². The van der Waals surface area contributed by atoms with Crippen LogP contribution in [0.1, 0.15) is 20.1 Å². The third-order valence-electron chi connectivity index (χ3n) is 2.80. The number of ketones is 1. The lowest BCUT2D eigenvalue weighted by Gasteiger charge is -1.95. The van der Waals surface area contributed by atoms with Gasteiger partial charge >= 0.3 is 0 Å². The maximum Gasteiger partial charge on any atom is 0.205 e. The Kier molecular flexibility index (Phi) is 2.34. The maximum atomic E-state index is 12.3. The largest absolute Gasteiger partial charge is 0.360 e. The molecule has 1 aromatic carbocycles. The molecule has 0 unspecified atom stereocenters. The number of nitrogens with one attached hydrogen (secondary N) is 1. The first kappa shape index (κ1) is 10.3. The molecule has 0 aliphatic rings. The summed E-state index contributed by atoms with van der Waals surface area (Å²) in [7, 11) is 0. The highest BCUT2D eigenvalue weighted by molar-refractivity contribution is 7.14. The molecule has 3 heteroatoms. The molecule has 1 N–H and O–H groups in total. The number of hydrogen-bond donors (Lipinski definition) is 1. The average molecular weight is 241 g/mol. The second-order valence-corrected chi connectivity index (χ2v) is 5.28. The third kappa shape index (κ3) is 1.68. The molecule has 0 spiro atoms. The van der Waals surface area contributed by atoms with Gasteiger partial charge in [0.2, 0.25) is 5.78 Å². The summed E-state index contributed by atoms with van der Waals surface area (Å²) < 4.78 is 0. The Hall–Kier alpha value is -1.87. The van der Waals surface area contributed by atoms with Gasteiger partial charge in [-0.15, -0.1) is 11.3 Å². The van der Waals surface area contributed by atoms with E-state index in [0.717, 1.165) is 26.2 Å². The van der Waals surface area contributed by atoms with E-state index in [-0.39, 0.29) is 5.78 Å². The number of rotatable bonds is 2. The first-order valence-electron chi connectivity index (χ1n) is 5.43. The molecule has 17 heavy (non-hydrogen) atoms. The molecule has 3 rings (SSSR count). The van der Waals surface area contributed by atoms with Gasteiger partial charge in [0.15, 0.2) is 0 Å². The summed E-state index contributed by atoms with van der Waals surface area (Å²) in [5, 5.41) is 0.989. The lowest BCUT2D eigenvalue weighted by atomic mass is 10.1. The summed E-state index contributed by atoms with van der Waals surface area (Å²) in [6.45, 7) is 2.01. The Morgan fingerprint density at radius 3 is 2.76 bits per heavy atom. The van der Waals surface area contributed by atoms with Crippen molar-refractivity contribution in [3.63, 3.8) is 0 Å². The van der Waals surface area contributed by atoms with Gasteiger partial charge in [-0.25, -0.2) is 0 Å². The minimum absolute atomic E-state index is 0.0977. The minimum atomic E-state index is 0.0977. The highest BCUT2D eigenvalue weighted by Crippen LogP contribution is 2.24. The number of aryl methyl sites for hydroxylation is 1. The summed E-state index contributed by atoms with van der Waals surface area (Å²) >= 11 is 1.54. The fourth-order valence-corrected chi connectivity index (χ4v) is 2.77. The first-order valence-corrected chi connectivity index (χ1v) is 6.24. The van der Waals surface area contributed by atoms with Crippen LogP contribution in [0.5, 0.6) is 0 Å². The van der Waals surface area contributed by atoms with Crippen molar-refractivity contribution >= 4 is 28.0 Å². The molecule has 0 amide bonds. The molecule has 0 fully saturated rings. The van der Waals surface area contributed by atoms with Gasteiger partial charge in [-0.05, 0) is 25.1 Å². The van der Waals surface area contributed by atoms with Crippen molar-refractivity contribution in [2.45, 2.75) is 6.92 Å². The highest BCUT2D eigenvalue weighted by Gasteiger charge is 2.15. The molecule has 0 saturated carbocycles. The van der Waals surface area contributed by atoms with Crippen LogP contribution < -0.4 is 0 Å². The van der Waals surface area contributed by atoms with Gasteiger partial charge < -0.3 is 4.98 Å². The summed E-state index contributed by atoms with van der Waals surface area (Å²) in [6.07, 6.45) is 1.79. The van der Waals surface area contributed by atoms with Crippen LogP contribution in [0.15, 0.2) is 42.6 Å². The number of para-hydroxylation sites is 1. The summed E-state index contributed by atoms with van der Waals surface area (Å²) in [4.78, 5) is 17.4. The van der Waals surface area contributed by atoms with Crippen LogP contribution in [0.4, 0.5) is 0 Å². The van der Waals surface area contributed by atoms with Crippen LogP contribution in [0.3, 0.4) is 0 Å². The minimum Gasteiger partial charge on any atom is -0.360 e. The van der Waals surface area contributed by atoms with Gasteiger partial charge in [0.05, 0.1) is 4.88 Å². The van der Waals surface area contributed by atoms with Gasteiger partial charge in [0.1, 0.15) is 0 Å². The highest BCUT2D eigenvalue weighted by atomic mass is 32.1. The van der Waals surface area contributed by atoms with Crippen molar-refractivity contribution in [3.05, 3.63) is 57.9 Å². The number of carbonyl (C=O) groups is 1. The van der Waals surface area contributed by atoms with Crippen LogP contribution in [-0.4, -0.2) is 10.8 Å². The normalized spacial score (nSPS) is 10.9. The van der Waals surface area contributed by atoms with Crippen LogP contribution in [-0.2, 0) is 0 Å². The Balaban J connectivity index is 2.13. The van der Waals surface area contributed by atoms with Gasteiger partial charge in [0, 0.05) is 27.5 Å². The molecule has 3 aromatic rings. The zero-order valence-corrected chi connectivity index (χ0v) is 10.2. The lowest BCUT2D eigenvalue weighted by Crippen LogP contribution is -1.96. The van der Waals surface area contributed by atoms with E-state index in [4.69, 9.17) is 0 Å². The zero-order valence-electron chi connectivity index (χ0n) is 9.36. The number of benzene rings is 1. The molecule has 0 bridgehead atoms. The molecule has 2 aromatic heterocycles. The van der Waals surface area contributed by atoms with Crippen LogP contribution in [0, 0.1) is 6.92 Å². The Morgan fingerprint density at radius 1 is 1.18 bits per heavy atom. The van der Waals surface area contributed by atoms with Crippen LogP contribution in [0.25, 0.3) is 10.9 Å². The van der Waals surface area contributed by atoms with E-state index < -0.39 is 0 Å². The Morgan fingerprint density at radius 2 is 2.00 bits per heavy atom. The molecule has 2 nitrogen and oxygen atoms in total. The lowest BCUT2D eigenvalue weighted by molar-refractivity contribution is 0.104. The maximum absolute atomic E-state index is 12.3. The first-order chi connectivity index (χ1) is 8.25. The fourth-order valence-electron chi connectivity index (χ4n) is 1.95. The quantitative estimate of drug-likeness (QED) is 0.681. The van der Waals surface area contributed by atoms with E-state index in [1.54, 1.807) is 6.20 Å². The molecule has 2 heterocycles. The Bertz CT molecular complexity index is 693. The molecule has 0 atom stereocenters. The van der Waals surface area contributed by atoms with Gasteiger partial charge in [-0.1, -0.05) is 18.2 Å². The van der Waals surface area contributed by atoms with Crippen LogP contribution >= 0.6 is 11.3 Å². The van der Waals surface area contributed by atoms with Crippen molar-refractivity contribution < 1.29 is 4.79 Å². The number of aromatic amines is 1. The number of aromatic nitrogens is 1. The summed E-state index contributed by atoms with van der Waals surface area (Å²) in [5.41, 5.74) is 1.76. The molecule has 0 radical (unpaired) electrons. The number of fused-ring (bicyclic) bond motifs is 1. The molecule has 0 saturated heterocycles. The van der Waals surface area contributed by atoms with Gasteiger partial charge in [0.25, 0.3) is 0 Å². The van der Waals surface area contributed by atoms with E-state index >= 15 is 0 Å². The molecular weight excluding hydrogens is 230 g/mol. The number of thiophene rings is 1. The number of hydrogen-bond acceptors (Lipinski definition) is 2. The second-order valence-electron chi connectivity index (χ2n) is 3.99. The van der Waals surface area contributed by atoms with Gasteiger partial charge in [-0.2, -0.15) is 0 Å². The predicted molar refractivity (Wildman–Crippen MR) is 70.8 cm³/mol. The molecular formula is C14H11NOS. The number of H-pyrrole nitrogens is 1. The van der Waals surface area contributed by atoms with Crippen molar-refractivity contribution in [2.24, 2.45) is 0 Å². The average Bonchev–Trinajstić information content (AvgIpc) is 2.94. The second kappa shape index (κ2) is 3.86. The monoisotopic (exact) mass is 241 g/mol. The molecule has 84 valence electrons. The van der Waals surface area contributed by atoms with E-state index in [9.17, 15) is 4.79 Å². The fraction of sp³-hybridized carbons (Fsp3) is 0.0714. The molecule has 0 aliphatic carbocycles. The predicted octanol–water partition coefficient (Wildman–Crippen LogP) is 3.77. The molecule has 0 aliphatic heterocycles. The smallest absolute Gasteiger partial charge is 0.205 e. The third-order valence-corrected chi connectivity index (χ3v) is 3.80. The van der Waals surface area contributed by atoms with Crippen molar-refractivity contribution in [2.75, 3.05) is 0 Å². The van der Waals surface area contributed by atoms with E-state index in [0.29, 0.717) is 0 Å². The van der Waals surface area contributed by atoms with Gasteiger partial charge in [-0.3, -0.25) is 4.79 Å². The van der Waals surface area contributed by atoms with E-state index in [1.807, 2.05) is 43.3 Å². The SMILES string of the molecule is Cc1ccc(C(=O)c2c[nH]c3ccccc23)s1. The topological polar surface area (TPSA) is 32.9 Å². The summed E-state index contributed by atoms with van der Waals surface area (Å²) in [6, 6.07) is 11.7. The Labute approximate surface area is 103 Å². The summed E-state index contributed by atoms with van der Waals surface area (Å²) in [5.74, 6) is 0.0977. The zero-order chi connectivity index (χ0) is 11.8. The standard InChI is InChI=1S/C14H11NOS/c1-9-6-7-13(17-9)14(16)11-8-15-12-5-3-2-4-10(11)12/h2-8,15H,1H3.